The molecule has 2 aliphatic rings. The van der Waals surface area contributed by atoms with Crippen molar-refractivity contribution >= 4 is 216 Å². The highest BCUT2D eigenvalue weighted by atomic mass is 35.5. The third kappa shape index (κ3) is 27.6. The van der Waals surface area contributed by atoms with E-state index in [2.05, 4.69) is 109 Å². The maximum Gasteiger partial charge on any atom is 0.229 e. The first-order valence-corrected chi connectivity index (χ1v) is 56.4. The summed E-state index contributed by atoms with van der Waals surface area (Å²) >= 11 is 25.3. The Kier molecular flexibility index (Phi) is 34.9. The van der Waals surface area contributed by atoms with Gasteiger partial charge in [0.2, 0.25) is 29.7 Å². The van der Waals surface area contributed by atoms with E-state index in [1.807, 2.05) is 109 Å². The number of ether oxygens (including phenoxy) is 4. The van der Waals surface area contributed by atoms with Crippen LogP contribution in [0.2, 0.25) is 20.1 Å². The monoisotopic (exact) mass is 2020 g/mol. The predicted octanol–water partition coefficient (Wildman–Crippen LogP) is 21.9. The number of hydrogen-bond donors (Lipinski definition) is 9. The Morgan fingerprint density at radius 1 is 0.419 bits per heavy atom. The molecule has 0 unspecified atom stereocenters. The fourth-order valence-corrected chi connectivity index (χ4v) is 20.4. The Balaban J connectivity index is 0.000000163. The number of sulfone groups is 1. The van der Waals surface area contributed by atoms with Gasteiger partial charge in [0, 0.05) is 96.1 Å². The van der Waals surface area contributed by atoms with E-state index in [1.165, 1.54) is 62.2 Å². The molecule has 2 fully saturated rings. The van der Waals surface area contributed by atoms with E-state index in [0.29, 0.717) is 118 Å². The molecule has 2 aliphatic heterocycles. The second-order valence-electron chi connectivity index (χ2n) is 33.1. The molecular weight excluding hydrogens is 1910 g/mol. The van der Waals surface area contributed by atoms with Gasteiger partial charge in [-0.25, -0.2) is 32.7 Å². The minimum atomic E-state index is -3.56. The van der Waals surface area contributed by atoms with Gasteiger partial charge in [-0.05, 0) is 215 Å². The Morgan fingerprint density at radius 3 is 1.18 bits per heavy atom. The zero-order valence-corrected chi connectivity index (χ0v) is 84.7. The first-order chi connectivity index (χ1) is 64.8. The van der Waals surface area contributed by atoms with Crippen LogP contribution in [-0.4, -0.2) is 172 Å². The first-order valence-electron chi connectivity index (χ1n) is 43.0. The van der Waals surface area contributed by atoms with Crippen molar-refractivity contribution < 1.29 is 54.8 Å². The van der Waals surface area contributed by atoms with Gasteiger partial charge in [0.05, 0.1) is 108 Å². The number of piperidine rings is 2. The molecule has 0 aliphatic carbocycles. The first kappa shape index (κ1) is 103. The van der Waals surface area contributed by atoms with Crippen molar-refractivity contribution in [2.75, 3.05) is 160 Å². The fraction of sp³-hybridized carbons (Fsp3) is 0.263. The number of carbonyl (C=O) groups excluding carboxylic acids is 1. The third-order valence-corrected chi connectivity index (χ3v) is 30.9. The van der Waals surface area contributed by atoms with Crippen LogP contribution in [0, 0.1) is 11.7 Å². The summed E-state index contributed by atoms with van der Waals surface area (Å²) in [4.78, 5) is 55.6. The van der Waals surface area contributed by atoms with Crippen LogP contribution < -0.4 is 97.8 Å². The second kappa shape index (κ2) is 46.1. The van der Waals surface area contributed by atoms with Gasteiger partial charge >= 0.3 is 0 Å². The summed E-state index contributed by atoms with van der Waals surface area (Å²) in [6.45, 7) is 20.4. The topological polar surface area (TPSA) is 387 Å². The fourth-order valence-electron chi connectivity index (χ4n) is 14.3. The SMILES string of the molecule is CC(C)S(=O)(=O)c1ccccc1Nc1nc(Nc2ccc(P(C)(C)=O)cc2F)ncc1Cl.CNC(=O)C1CCN(c2ccc(Nc3ncc(Cl)c(Nc4ccccc4P(C)(C)=O)n3)c(OC)c2)CC1.COc1cc(N2CCCCC2)ccc1Nc1ncc(Cl)c(Nc2ccccc2P(C)(C)=O)n1.COc1cc(Oc2cccnc2)ccc1Nc1ncc(Cl)c(Nc2ccccc2P(C)(C)=O)n1. The molecule has 714 valence electrons. The normalized spacial score (nSPS) is 12.9. The lowest BCUT2D eigenvalue weighted by Gasteiger charge is -2.33. The summed E-state index contributed by atoms with van der Waals surface area (Å²) in [5.41, 5.74) is 6.76. The Labute approximate surface area is 811 Å². The van der Waals surface area contributed by atoms with E-state index in [-0.39, 0.29) is 39.2 Å². The number of benzene rings is 8. The number of amides is 1. The predicted molar refractivity (Wildman–Crippen MR) is 554 cm³/mol. The molecule has 0 radical (unpaired) electrons. The lowest BCUT2D eigenvalue weighted by molar-refractivity contribution is -0.125. The van der Waals surface area contributed by atoms with Gasteiger partial charge < -0.3 is 94.9 Å². The summed E-state index contributed by atoms with van der Waals surface area (Å²) < 4.78 is 113. The summed E-state index contributed by atoms with van der Waals surface area (Å²) in [6, 6.07) is 53.9. The van der Waals surface area contributed by atoms with E-state index in [9.17, 15) is 35.9 Å². The largest absolute Gasteiger partial charge is 0.494 e. The van der Waals surface area contributed by atoms with Crippen LogP contribution in [0.4, 0.5) is 108 Å². The van der Waals surface area contributed by atoms with Crippen molar-refractivity contribution in [3.63, 3.8) is 0 Å². The lowest BCUT2D eigenvalue weighted by atomic mass is 9.95. The number of hydrogen-bond acceptors (Lipinski definition) is 30. The van der Waals surface area contributed by atoms with Crippen LogP contribution in [0.15, 0.2) is 224 Å². The molecule has 0 spiro atoms. The van der Waals surface area contributed by atoms with Crippen LogP contribution in [-0.2, 0) is 32.9 Å². The number of methoxy groups -OCH3 is 3. The van der Waals surface area contributed by atoms with Gasteiger partial charge in [-0.1, -0.05) is 94.9 Å². The highest BCUT2D eigenvalue weighted by Crippen LogP contribution is 2.45. The number of anilines is 18. The maximum atomic E-state index is 14.5. The number of halogens is 5. The summed E-state index contributed by atoms with van der Waals surface area (Å²) in [7, 11) is -7.16. The zero-order valence-electron chi connectivity index (χ0n) is 77.3. The summed E-state index contributed by atoms with van der Waals surface area (Å²) in [5, 5.41) is 30.8. The Hall–Kier alpha value is -12.1. The van der Waals surface area contributed by atoms with E-state index in [1.54, 1.807) is 156 Å². The minimum absolute atomic E-state index is 0.0453. The van der Waals surface area contributed by atoms with Crippen molar-refractivity contribution in [1.82, 2.24) is 50.2 Å². The van der Waals surface area contributed by atoms with Gasteiger partial charge in [0.1, 0.15) is 83.2 Å². The van der Waals surface area contributed by atoms with Crippen molar-refractivity contribution in [1.29, 1.82) is 0 Å². The van der Waals surface area contributed by atoms with E-state index >= 15 is 0 Å². The smallest absolute Gasteiger partial charge is 0.229 e. The van der Waals surface area contributed by atoms with E-state index in [0.717, 1.165) is 72.4 Å². The van der Waals surface area contributed by atoms with Crippen molar-refractivity contribution in [3.05, 3.63) is 245 Å². The molecule has 31 nitrogen and oxygen atoms in total. The summed E-state index contributed by atoms with van der Waals surface area (Å²) in [6.07, 6.45) is 14.5. The van der Waals surface area contributed by atoms with Crippen molar-refractivity contribution in [3.8, 4) is 28.7 Å². The van der Waals surface area contributed by atoms with Crippen LogP contribution in [0.3, 0.4) is 0 Å². The van der Waals surface area contributed by atoms with Crippen LogP contribution in [0.25, 0.3) is 0 Å². The molecule has 0 saturated carbocycles. The van der Waals surface area contributed by atoms with Crippen LogP contribution in [0.5, 0.6) is 28.7 Å². The second-order valence-corrected chi connectivity index (χ2v) is 50.0. The van der Waals surface area contributed by atoms with Gasteiger partial charge in [-0.3, -0.25) is 9.78 Å². The van der Waals surface area contributed by atoms with E-state index in [4.69, 9.17) is 65.4 Å². The summed E-state index contributed by atoms with van der Waals surface area (Å²) in [5.74, 6) is 5.09. The van der Waals surface area contributed by atoms with Gasteiger partial charge in [-0.15, -0.1) is 0 Å². The molecule has 7 heterocycles. The number of nitrogens with zero attached hydrogens (tertiary/aromatic N) is 11. The molecule has 5 aromatic heterocycles. The molecule has 136 heavy (non-hydrogen) atoms. The number of para-hydroxylation sites is 4. The maximum absolute atomic E-state index is 14.5. The molecular formula is C95H107Cl4FN20O11P4S. The zero-order chi connectivity index (χ0) is 97.8. The third-order valence-electron chi connectivity index (χ3n) is 21.4. The quantitative estimate of drug-likeness (QED) is 0.0189. The van der Waals surface area contributed by atoms with Crippen LogP contribution in [0.1, 0.15) is 46.0 Å². The van der Waals surface area contributed by atoms with Crippen molar-refractivity contribution in [2.24, 2.45) is 5.92 Å². The molecule has 41 heteroatoms. The molecule has 13 aromatic rings. The van der Waals surface area contributed by atoms with Gasteiger partial charge in [0.15, 0.2) is 33.1 Å². The minimum Gasteiger partial charge on any atom is -0.494 e. The number of nitrogens with one attached hydrogen (secondary N) is 9. The molecule has 0 atom stereocenters. The lowest BCUT2D eigenvalue weighted by Crippen LogP contribution is -2.39. The van der Waals surface area contributed by atoms with Gasteiger partial charge in [0.25, 0.3) is 0 Å². The average molecular weight is 2020 g/mol. The number of pyridine rings is 1. The molecule has 2 saturated heterocycles. The number of carbonyl (C=O) groups is 1. The highest BCUT2D eigenvalue weighted by Gasteiger charge is 2.29. The Bertz CT molecular complexity index is 6760. The Morgan fingerprint density at radius 2 is 0.794 bits per heavy atom. The molecule has 8 aromatic carbocycles. The molecule has 0 bridgehead atoms. The molecule has 9 N–H and O–H groups in total. The molecule has 1 amide bonds. The number of aromatic nitrogens is 9. The highest BCUT2D eigenvalue weighted by molar-refractivity contribution is 7.92. The average Bonchev–Trinajstić information content (AvgIpc) is 0.787. The van der Waals surface area contributed by atoms with Crippen LogP contribution >= 0.6 is 75.0 Å². The number of rotatable bonds is 30. The van der Waals surface area contributed by atoms with Gasteiger partial charge in [-0.2, -0.15) is 19.9 Å². The standard InChI is InChI=1S/C26H32ClN6O3P.C24H23ClN5O3P.C24H29ClN5O2P.C21H23ClFN4O3PS/c1-28-25(34)17-11-13-33(14-12-17)18-9-10-20(22(15-18)36-2)31-26-29-16-19(27)24(32-26)30-21-7-5-6-8-23(21)37(3,4)35;1-32-21-13-16(33-17-7-6-12-26-14-17)10-11-19(21)29-24-27-15-18(25)23(30-24)28-20-8-4-5-9-22(20)34(2,3)31;1-32-21-15-17(30-13-7-4-8-14-30)11-12-19(21)28-24-26-16-18(25)23(29-24)27-20-9-5-6-10-22(20)33(2,3)31;1-13(2)32(29,30)19-8-6-5-7-18(19)25-20-15(22)12-24-21(27-20)26-17-10-9-14(11-16(17)23)31(3,4)28/h5-10,15-17H,11-14H2,1-4H3,(H,28,34)(H2,29,30,31,32);4-15H,1-3H3,(H2,27,28,29,30);5-6,9-12,15-16H,4,7-8,13-14H2,1-3H3,(H2,26,27,28,29);5-13H,1-4H3,(H2,24,25,26,27). The van der Waals surface area contributed by atoms with E-state index < -0.39 is 49.5 Å². The molecule has 15 rings (SSSR count). The van der Waals surface area contributed by atoms with Crippen molar-refractivity contribution in [2.45, 2.75) is 56.1 Å².